The molecular formula is C14H15NO. The number of amides is 1. The Hall–Kier alpha value is -2.09. The summed E-state index contributed by atoms with van der Waals surface area (Å²) in [6, 6.07) is 9.02. The van der Waals surface area contributed by atoms with Crippen LogP contribution in [-0.4, -0.2) is 5.91 Å². The summed E-state index contributed by atoms with van der Waals surface area (Å²) in [5.74, 6) is -0.156. The zero-order chi connectivity index (χ0) is 12.0. The Balaban J connectivity index is 2.59. The van der Waals surface area contributed by atoms with Crippen LogP contribution in [0.1, 0.15) is 17.3 Å². The maximum absolute atomic E-state index is 11.7. The highest BCUT2D eigenvalue weighted by Crippen LogP contribution is 2.00. The lowest BCUT2D eigenvalue weighted by Gasteiger charge is -2.04. The van der Waals surface area contributed by atoms with Crippen LogP contribution in [0.5, 0.6) is 0 Å². The molecule has 0 saturated heterocycles. The first kappa shape index (κ1) is 12.0. The number of nitrogens with one attached hydrogen (secondary N) is 1. The van der Waals surface area contributed by atoms with Crippen LogP contribution in [0.2, 0.25) is 0 Å². The first-order valence-electron chi connectivity index (χ1n) is 4.98. The van der Waals surface area contributed by atoms with Crippen molar-refractivity contribution in [3.63, 3.8) is 0 Å². The topological polar surface area (TPSA) is 29.1 Å². The first-order valence-corrected chi connectivity index (χ1v) is 4.98. The van der Waals surface area contributed by atoms with E-state index in [9.17, 15) is 4.79 Å². The van der Waals surface area contributed by atoms with Gasteiger partial charge in [0.1, 0.15) is 0 Å². The lowest BCUT2D eigenvalue weighted by atomic mass is 10.2. The molecular weight excluding hydrogens is 198 g/mol. The van der Waals surface area contributed by atoms with Crippen LogP contribution in [0.25, 0.3) is 0 Å². The van der Waals surface area contributed by atoms with Gasteiger partial charge in [0.15, 0.2) is 0 Å². The Labute approximate surface area is 96.0 Å². The van der Waals surface area contributed by atoms with Crippen molar-refractivity contribution in [2.45, 2.75) is 6.92 Å². The molecule has 2 heteroatoms. The molecule has 0 atom stereocenters. The molecule has 0 aliphatic heterocycles. The monoisotopic (exact) mass is 213 g/mol. The first-order chi connectivity index (χ1) is 7.59. The third-order valence-corrected chi connectivity index (χ3v) is 1.88. The van der Waals surface area contributed by atoms with E-state index in [0.29, 0.717) is 11.3 Å². The van der Waals surface area contributed by atoms with Crippen molar-refractivity contribution in [2.24, 2.45) is 0 Å². The van der Waals surface area contributed by atoms with Crippen molar-refractivity contribution in [3.8, 4) is 0 Å². The molecule has 16 heavy (non-hydrogen) atoms. The number of carbonyl (C=O) groups is 1. The molecule has 1 aromatic carbocycles. The molecule has 0 fully saturated rings. The molecule has 82 valence electrons. The summed E-state index contributed by atoms with van der Waals surface area (Å²) in [6.07, 6.45) is 3.52. The van der Waals surface area contributed by atoms with Crippen LogP contribution >= 0.6 is 0 Å². The summed E-state index contributed by atoms with van der Waals surface area (Å²) in [7, 11) is 0. The fourth-order valence-corrected chi connectivity index (χ4v) is 1.09. The van der Waals surface area contributed by atoms with Gasteiger partial charge < -0.3 is 5.32 Å². The Morgan fingerprint density at radius 2 is 1.81 bits per heavy atom. The molecule has 1 amide bonds. The SMILES string of the molecule is C=C(C)/C=C\C(=C)NC(=O)c1ccccc1. The van der Waals surface area contributed by atoms with Crippen molar-refractivity contribution in [1.29, 1.82) is 0 Å². The molecule has 0 radical (unpaired) electrons. The summed E-state index contributed by atoms with van der Waals surface area (Å²) in [6.45, 7) is 9.33. The number of hydrogen-bond donors (Lipinski definition) is 1. The maximum atomic E-state index is 11.7. The largest absolute Gasteiger partial charge is 0.323 e. The zero-order valence-electron chi connectivity index (χ0n) is 9.36. The lowest BCUT2D eigenvalue weighted by Crippen LogP contribution is -2.20. The average Bonchev–Trinajstić information content (AvgIpc) is 2.27. The van der Waals surface area contributed by atoms with Gasteiger partial charge >= 0.3 is 0 Å². The predicted octanol–water partition coefficient (Wildman–Crippen LogP) is 3.06. The van der Waals surface area contributed by atoms with E-state index in [4.69, 9.17) is 0 Å². The van der Waals surface area contributed by atoms with Crippen molar-refractivity contribution >= 4 is 5.91 Å². The van der Waals surface area contributed by atoms with Crippen molar-refractivity contribution in [3.05, 3.63) is 72.5 Å². The smallest absolute Gasteiger partial charge is 0.255 e. The minimum absolute atomic E-state index is 0.156. The van der Waals surface area contributed by atoms with E-state index in [0.717, 1.165) is 5.57 Å². The van der Waals surface area contributed by atoms with E-state index in [1.165, 1.54) is 0 Å². The van der Waals surface area contributed by atoms with Gasteiger partial charge in [-0.15, -0.1) is 0 Å². The highest BCUT2D eigenvalue weighted by atomic mass is 16.1. The average molecular weight is 213 g/mol. The number of carbonyl (C=O) groups excluding carboxylic acids is 1. The Kier molecular flexibility index (Phi) is 4.28. The molecule has 1 N–H and O–H groups in total. The Morgan fingerprint density at radius 3 is 2.38 bits per heavy atom. The van der Waals surface area contributed by atoms with Crippen molar-refractivity contribution in [2.75, 3.05) is 0 Å². The molecule has 1 rings (SSSR count). The molecule has 0 heterocycles. The van der Waals surface area contributed by atoms with E-state index < -0.39 is 0 Å². The van der Waals surface area contributed by atoms with Gasteiger partial charge in [0.05, 0.1) is 0 Å². The van der Waals surface area contributed by atoms with Gasteiger partial charge in [0.2, 0.25) is 0 Å². The van der Waals surface area contributed by atoms with E-state index in [-0.39, 0.29) is 5.91 Å². The molecule has 2 nitrogen and oxygen atoms in total. The minimum atomic E-state index is -0.156. The number of benzene rings is 1. The minimum Gasteiger partial charge on any atom is -0.323 e. The third-order valence-electron chi connectivity index (χ3n) is 1.88. The van der Waals surface area contributed by atoms with E-state index in [1.807, 2.05) is 25.1 Å². The van der Waals surface area contributed by atoms with Crippen molar-refractivity contribution < 1.29 is 4.79 Å². The number of hydrogen-bond acceptors (Lipinski definition) is 1. The predicted molar refractivity (Wildman–Crippen MR) is 67.0 cm³/mol. The van der Waals surface area contributed by atoms with E-state index in [2.05, 4.69) is 18.5 Å². The van der Waals surface area contributed by atoms with Crippen LogP contribution in [-0.2, 0) is 0 Å². The summed E-state index contributed by atoms with van der Waals surface area (Å²) in [5, 5.41) is 2.69. The second-order valence-electron chi connectivity index (χ2n) is 3.53. The molecule has 0 aliphatic carbocycles. The molecule has 0 bridgehead atoms. The van der Waals surface area contributed by atoms with Gasteiger partial charge in [-0.05, 0) is 25.1 Å². The summed E-state index contributed by atoms with van der Waals surface area (Å²) in [5.41, 5.74) is 2.08. The normalized spacial score (nSPS) is 10.1. The molecule has 0 aromatic heterocycles. The van der Waals surface area contributed by atoms with Gasteiger partial charge in [-0.3, -0.25) is 4.79 Å². The highest BCUT2D eigenvalue weighted by molar-refractivity contribution is 5.95. The van der Waals surface area contributed by atoms with Gasteiger partial charge in [-0.2, -0.15) is 0 Å². The van der Waals surface area contributed by atoms with Crippen molar-refractivity contribution in [1.82, 2.24) is 5.32 Å². The second-order valence-corrected chi connectivity index (χ2v) is 3.53. The Morgan fingerprint density at radius 1 is 1.19 bits per heavy atom. The summed E-state index contributed by atoms with van der Waals surface area (Å²) < 4.78 is 0. The standard InChI is InChI=1S/C14H15NO/c1-11(2)9-10-12(3)15-14(16)13-7-5-4-6-8-13/h4-10H,1,3H2,2H3,(H,15,16)/b10-9-. The molecule has 0 saturated carbocycles. The Bertz CT molecular complexity index is 429. The lowest BCUT2D eigenvalue weighted by molar-refractivity contribution is 0.0967. The third kappa shape index (κ3) is 3.96. The molecule has 0 aliphatic rings. The fourth-order valence-electron chi connectivity index (χ4n) is 1.09. The number of rotatable bonds is 4. The van der Waals surface area contributed by atoms with E-state index >= 15 is 0 Å². The quantitative estimate of drug-likeness (QED) is 0.765. The highest BCUT2D eigenvalue weighted by Gasteiger charge is 2.03. The van der Waals surface area contributed by atoms with Crippen LogP contribution < -0.4 is 5.32 Å². The molecule has 0 spiro atoms. The van der Waals surface area contributed by atoms with Crippen LogP contribution in [0.15, 0.2) is 66.9 Å². The number of allylic oxidation sites excluding steroid dienone is 3. The second kappa shape index (κ2) is 5.71. The van der Waals surface area contributed by atoms with Gasteiger partial charge in [-0.25, -0.2) is 0 Å². The molecule has 1 aromatic rings. The van der Waals surface area contributed by atoms with Gasteiger partial charge in [0, 0.05) is 11.3 Å². The maximum Gasteiger partial charge on any atom is 0.255 e. The van der Waals surface area contributed by atoms with Gasteiger partial charge in [-0.1, -0.05) is 43.0 Å². The summed E-state index contributed by atoms with van der Waals surface area (Å²) in [4.78, 5) is 11.7. The fraction of sp³-hybridized carbons (Fsp3) is 0.0714. The van der Waals surface area contributed by atoms with Gasteiger partial charge in [0.25, 0.3) is 5.91 Å². The summed E-state index contributed by atoms with van der Waals surface area (Å²) >= 11 is 0. The zero-order valence-corrected chi connectivity index (χ0v) is 9.36. The van der Waals surface area contributed by atoms with Crippen LogP contribution in [0.4, 0.5) is 0 Å². The van der Waals surface area contributed by atoms with E-state index in [1.54, 1.807) is 24.3 Å². The van der Waals surface area contributed by atoms with Crippen LogP contribution in [0.3, 0.4) is 0 Å². The van der Waals surface area contributed by atoms with Crippen LogP contribution in [0, 0.1) is 0 Å². The molecule has 0 unspecified atom stereocenters.